The van der Waals surface area contributed by atoms with Crippen molar-refractivity contribution >= 4 is 62.5 Å². The normalized spacial score (nSPS) is 15.5. The first-order chi connectivity index (χ1) is 31.2. The summed E-state index contributed by atoms with van der Waals surface area (Å²) in [4.78, 5) is 46.6. The van der Waals surface area contributed by atoms with Crippen LogP contribution in [0.1, 0.15) is 58.8 Å². The molecule has 8 aromatic rings. The molecule has 0 amide bonds. The predicted octanol–water partition coefficient (Wildman–Crippen LogP) is 6.57. The lowest BCUT2D eigenvalue weighted by Crippen LogP contribution is -2.38. The van der Waals surface area contributed by atoms with Gasteiger partial charge in [-0.15, -0.1) is 0 Å². The fourth-order valence-electron chi connectivity index (χ4n) is 7.15. The van der Waals surface area contributed by atoms with Crippen LogP contribution in [0, 0.1) is 13.8 Å². The number of fused-ring (bicyclic) bond motifs is 2. The van der Waals surface area contributed by atoms with Gasteiger partial charge in [0.25, 0.3) is 0 Å². The molecule has 0 saturated heterocycles. The maximum Gasteiger partial charge on any atom is 0.238 e. The van der Waals surface area contributed by atoms with E-state index in [2.05, 4.69) is 35.7 Å². The number of nitrogens with one attached hydrogen (secondary N) is 1. The van der Waals surface area contributed by atoms with Crippen LogP contribution in [0.25, 0.3) is 33.2 Å². The zero-order valence-corrected chi connectivity index (χ0v) is 38.1. The fraction of sp³-hybridized carbons (Fsp3) is 0.250. The smallest absolute Gasteiger partial charge is 0.238 e. The Kier molecular flexibility index (Phi) is 12.5. The fourth-order valence-corrected chi connectivity index (χ4v) is 7.50. The van der Waals surface area contributed by atoms with Gasteiger partial charge in [-0.2, -0.15) is 10.2 Å². The second-order valence-corrected chi connectivity index (χ2v) is 15.9. The molecule has 6 aromatic heterocycles. The molecule has 0 spiro atoms. The molecule has 1 aliphatic heterocycles. The van der Waals surface area contributed by atoms with Crippen molar-refractivity contribution in [3.8, 4) is 23.1 Å². The van der Waals surface area contributed by atoms with E-state index in [4.69, 9.17) is 58.2 Å². The number of Topliss-reactive ketones (excluding diaryl/α,β-unsaturated/α-hetero) is 1. The number of hydrogen-bond donors (Lipinski definition) is 2. The average molecular weight is 920 g/mol. The Morgan fingerprint density at radius 1 is 0.831 bits per heavy atom. The van der Waals surface area contributed by atoms with Crippen LogP contribution >= 0.6 is 23.2 Å². The Morgan fingerprint density at radius 2 is 1.42 bits per heavy atom. The molecule has 3 N–H and O–H groups in total. The Bertz CT molecular complexity index is 3130. The zero-order valence-electron chi connectivity index (χ0n) is 36.6. The maximum absolute atomic E-state index is 12.9. The van der Waals surface area contributed by atoms with Gasteiger partial charge in [-0.3, -0.25) is 24.0 Å². The second-order valence-electron chi connectivity index (χ2n) is 15.0. The first-order valence-corrected chi connectivity index (χ1v) is 20.9. The van der Waals surface area contributed by atoms with Gasteiger partial charge in [-0.1, -0.05) is 28.4 Å². The molecule has 65 heavy (non-hydrogen) atoms. The number of hydroxylamine groups is 1. The van der Waals surface area contributed by atoms with Crippen molar-refractivity contribution in [2.45, 2.75) is 45.9 Å². The standard InChI is InChI=1S/C22H22ClN7O3.C22H22ClN7O2/c1-12-10-30(11-25-12)18-8-6-16(26-22(18)32-4)21(24)28-33-13(2)20(31)19-15-9-14(23)5-7-17(15)29(3)27-19;1-12-10-30(11-24-12)18-8-6-16(25-22(18)31-4)21-26-19(13(2)32-28-21)20-15-9-14(23)5-7-17(15)29(3)27-20/h5-11,13H,1-4H3,(H2,24,28);5-11,13,19H,1-4H3,(H,26,28)/t;13-,19-/m.1/s1. The Hall–Kier alpha value is -7.35. The molecule has 334 valence electrons. The minimum Gasteiger partial charge on any atom is -0.479 e. The van der Waals surface area contributed by atoms with Gasteiger partial charge < -0.3 is 29.2 Å². The van der Waals surface area contributed by atoms with Crippen LogP contribution in [0.2, 0.25) is 10.0 Å². The summed E-state index contributed by atoms with van der Waals surface area (Å²) in [7, 11) is 6.75. The number of pyridine rings is 2. The summed E-state index contributed by atoms with van der Waals surface area (Å²) in [6.45, 7) is 7.33. The molecule has 21 heteroatoms. The second kappa shape index (κ2) is 18.4. The molecule has 1 aliphatic rings. The van der Waals surface area contributed by atoms with E-state index in [0.717, 1.165) is 39.2 Å². The minimum absolute atomic E-state index is 0.00441. The van der Waals surface area contributed by atoms with Gasteiger partial charge in [0.05, 0.1) is 55.0 Å². The Balaban J connectivity index is 0.000000177. The average Bonchev–Trinajstić information content (AvgIpc) is 4.10. The monoisotopic (exact) mass is 918 g/mol. The number of aryl methyl sites for hydroxylation is 4. The molecule has 0 saturated carbocycles. The molecule has 3 atom stereocenters. The lowest BCUT2D eigenvalue weighted by Gasteiger charge is -2.26. The molecule has 0 fully saturated rings. The lowest BCUT2D eigenvalue weighted by molar-refractivity contribution is -0.00541. The summed E-state index contributed by atoms with van der Waals surface area (Å²) in [6.07, 6.45) is 5.97. The molecular weight excluding hydrogens is 875 g/mol. The lowest BCUT2D eigenvalue weighted by atomic mass is 10.0. The molecule has 2 aromatic carbocycles. The van der Waals surface area contributed by atoms with Gasteiger partial charge >= 0.3 is 0 Å². The van der Waals surface area contributed by atoms with Crippen LogP contribution in [-0.2, 0) is 23.8 Å². The van der Waals surface area contributed by atoms with Crippen molar-refractivity contribution < 1.29 is 23.9 Å². The Morgan fingerprint density at radius 3 is 2.03 bits per heavy atom. The number of carbonyl (C=O) groups excluding carboxylic acids is 1. The van der Waals surface area contributed by atoms with Crippen molar-refractivity contribution in [1.29, 1.82) is 0 Å². The summed E-state index contributed by atoms with van der Waals surface area (Å²) in [6, 6.07) is 17.9. The minimum atomic E-state index is -0.935. The van der Waals surface area contributed by atoms with E-state index in [-0.39, 0.29) is 29.5 Å². The third kappa shape index (κ3) is 9.06. The van der Waals surface area contributed by atoms with Crippen LogP contribution in [0.5, 0.6) is 11.8 Å². The number of carbonyl (C=O) groups is 1. The van der Waals surface area contributed by atoms with Crippen molar-refractivity contribution in [1.82, 2.24) is 54.1 Å². The molecule has 0 bridgehead atoms. The molecular formula is C44H44Cl2N14O5. The molecule has 0 aliphatic carbocycles. The first kappa shape index (κ1) is 44.3. The van der Waals surface area contributed by atoms with Gasteiger partial charge in [-0.25, -0.2) is 25.4 Å². The van der Waals surface area contributed by atoms with E-state index in [1.807, 2.05) is 79.8 Å². The number of methoxy groups -OCH3 is 2. The van der Waals surface area contributed by atoms with Crippen LogP contribution in [-0.4, -0.2) is 92.5 Å². The van der Waals surface area contributed by atoms with Gasteiger partial charge in [0, 0.05) is 47.3 Å². The van der Waals surface area contributed by atoms with E-state index < -0.39 is 6.10 Å². The number of halogens is 2. The summed E-state index contributed by atoms with van der Waals surface area (Å²) in [5, 5.41) is 15.7. The number of nitrogens with two attached hydrogens (primary N) is 1. The van der Waals surface area contributed by atoms with Crippen LogP contribution in [0.3, 0.4) is 0 Å². The van der Waals surface area contributed by atoms with Crippen molar-refractivity contribution in [3.05, 3.63) is 130 Å². The number of oxime groups is 1. The van der Waals surface area contributed by atoms with E-state index in [1.54, 1.807) is 73.3 Å². The van der Waals surface area contributed by atoms with Gasteiger partial charge in [-0.05, 0) is 88.4 Å². The molecule has 7 heterocycles. The third-order valence-corrected chi connectivity index (χ3v) is 10.9. The Labute approximate surface area is 382 Å². The number of amidine groups is 2. The summed E-state index contributed by atoms with van der Waals surface area (Å²) >= 11 is 12.3. The number of benzene rings is 2. The topological polar surface area (TPSA) is 214 Å². The van der Waals surface area contributed by atoms with Gasteiger partial charge in [0.1, 0.15) is 40.6 Å². The molecule has 1 unspecified atom stereocenters. The quantitative estimate of drug-likeness (QED) is 0.0609. The number of nitrogens with zero attached hydrogens (tertiary/aromatic N) is 12. The molecule has 0 radical (unpaired) electrons. The SMILES string of the molecule is COc1nc(/C(N)=N/OC(C)C(=O)c2nn(C)c3ccc(Cl)cc23)ccc1-n1cnc(C)c1.COc1nc(C2=N[C@@H](c3nn(C)c4ccc(Cl)cc34)[C@@H](C)ON2)ccc1-n1cnc(C)c1. The number of ether oxygens (including phenoxy) is 2. The van der Waals surface area contributed by atoms with Crippen LogP contribution < -0.4 is 20.7 Å². The highest BCUT2D eigenvalue weighted by Crippen LogP contribution is 2.33. The summed E-state index contributed by atoms with van der Waals surface area (Å²) in [5.41, 5.74) is 15.9. The van der Waals surface area contributed by atoms with Crippen LogP contribution in [0.4, 0.5) is 0 Å². The number of aromatic nitrogens is 10. The molecule has 9 rings (SSSR count). The highest BCUT2D eigenvalue weighted by Gasteiger charge is 2.31. The predicted molar refractivity (Wildman–Crippen MR) is 245 cm³/mol. The largest absolute Gasteiger partial charge is 0.479 e. The number of rotatable bonds is 11. The maximum atomic E-state index is 12.9. The zero-order chi connectivity index (χ0) is 46.1. The summed E-state index contributed by atoms with van der Waals surface area (Å²) in [5.74, 6) is 0.935. The molecule has 19 nitrogen and oxygen atoms in total. The van der Waals surface area contributed by atoms with E-state index in [0.29, 0.717) is 50.1 Å². The highest BCUT2D eigenvalue weighted by molar-refractivity contribution is 6.31. The van der Waals surface area contributed by atoms with Crippen molar-refractivity contribution in [3.63, 3.8) is 0 Å². The number of imidazole rings is 2. The van der Waals surface area contributed by atoms with Gasteiger partial charge in [0.15, 0.2) is 17.8 Å². The highest BCUT2D eigenvalue weighted by atomic mass is 35.5. The van der Waals surface area contributed by atoms with E-state index >= 15 is 0 Å². The van der Waals surface area contributed by atoms with E-state index in [9.17, 15) is 4.79 Å². The van der Waals surface area contributed by atoms with Gasteiger partial charge in [0.2, 0.25) is 17.5 Å². The van der Waals surface area contributed by atoms with E-state index in [1.165, 1.54) is 7.11 Å². The van der Waals surface area contributed by atoms with Crippen molar-refractivity contribution in [2.75, 3.05) is 14.2 Å². The first-order valence-electron chi connectivity index (χ1n) is 20.1. The summed E-state index contributed by atoms with van der Waals surface area (Å²) < 4.78 is 18.0. The van der Waals surface area contributed by atoms with Crippen molar-refractivity contribution in [2.24, 2.45) is 30.0 Å². The van der Waals surface area contributed by atoms with Crippen LogP contribution in [0.15, 0.2) is 95.9 Å². The number of ketones is 1. The third-order valence-electron chi connectivity index (χ3n) is 10.5. The number of aliphatic imine (C=N–C) groups is 1. The number of hydrogen-bond acceptors (Lipinski definition) is 14.